The van der Waals surface area contributed by atoms with E-state index in [9.17, 15) is 5.11 Å². The van der Waals surface area contributed by atoms with Crippen molar-refractivity contribution in [3.8, 4) is 0 Å². The second-order valence-corrected chi connectivity index (χ2v) is 3.44. The van der Waals surface area contributed by atoms with Crippen LogP contribution in [0.2, 0.25) is 0 Å². The van der Waals surface area contributed by atoms with Crippen molar-refractivity contribution >= 4 is 0 Å². The van der Waals surface area contributed by atoms with E-state index in [1.54, 1.807) is 6.92 Å². The molecule has 1 N–H and O–H groups in total. The van der Waals surface area contributed by atoms with Crippen LogP contribution in [0.4, 0.5) is 0 Å². The quantitative estimate of drug-likeness (QED) is 0.647. The van der Waals surface area contributed by atoms with Gasteiger partial charge in [-0.25, -0.2) is 0 Å². The van der Waals surface area contributed by atoms with Crippen LogP contribution in [0.25, 0.3) is 0 Å². The lowest BCUT2D eigenvalue weighted by molar-refractivity contribution is 0.0495. The molecule has 0 heterocycles. The molecular formula is C10H19O. The van der Waals surface area contributed by atoms with Crippen LogP contribution in [0.5, 0.6) is 0 Å². The van der Waals surface area contributed by atoms with Crippen LogP contribution >= 0.6 is 0 Å². The molecule has 0 bridgehead atoms. The first-order valence-electron chi connectivity index (χ1n) is 4.33. The molecule has 0 aliphatic rings. The molecule has 0 aliphatic heterocycles. The summed E-state index contributed by atoms with van der Waals surface area (Å²) in [5, 5.41) is 9.64. The summed E-state index contributed by atoms with van der Waals surface area (Å²) in [5.41, 5.74) is -0.796. The molecule has 0 aromatic carbocycles. The molecule has 0 aromatic rings. The van der Waals surface area contributed by atoms with Crippen LogP contribution in [0, 0.1) is 12.5 Å². The fraction of sp³-hybridized carbons (Fsp3) is 0.800. The van der Waals surface area contributed by atoms with E-state index in [2.05, 4.69) is 6.92 Å². The van der Waals surface area contributed by atoms with Gasteiger partial charge in [0.25, 0.3) is 0 Å². The number of hydrogen-bond acceptors (Lipinski definition) is 1. The zero-order valence-electron chi connectivity index (χ0n) is 7.80. The van der Waals surface area contributed by atoms with Gasteiger partial charge >= 0.3 is 0 Å². The Balaban J connectivity index is 3.80. The minimum atomic E-state index is -0.796. The van der Waals surface area contributed by atoms with Gasteiger partial charge in [-0.2, -0.15) is 0 Å². The molecule has 1 radical (unpaired) electrons. The zero-order valence-corrected chi connectivity index (χ0v) is 7.80. The van der Waals surface area contributed by atoms with Crippen molar-refractivity contribution in [2.24, 2.45) is 5.92 Å². The summed E-state index contributed by atoms with van der Waals surface area (Å²) in [6, 6.07) is 0. The molecule has 1 nitrogen and oxygen atoms in total. The Morgan fingerprint density at radius 1 is 1.64 bits per heavy atom. The zero-order chi connectivity index (χ0) is 8.91. The summed E-state index contributed by atoms with van der Waals surface area (Å²) >= 11 is 0. The second kappa shape index (κ2) is 4.55. The maximum absolute atomic E-state index is 9.64. The van der Waals surface area contributed by atoms with Gasteiger partial charge in [0.05, 0.1) is 5.60 Å². The Morgan fingerprint density at radius 3 is 2.55 bits per heavy atom. The highest BCUT2D eigenvalue weighted by atomic mass is 16.3. The SMILES string of the molecule is [CH]=CC(C)(O)C(C)CCCC. The van der Waals surface area contributed by atoms with E-state index < -0.39 is 5.60 Å². The second-order valence-electron chi connectivity index (χ2n) is 3.44. The Labute approximate surface area is 70.1 Å². The molecule has 65 valence electrons. The highest BCUT2D eigenvalue weighted by Crippen LogP contribution is 2.22. The molecule has 0 spiro atoms. The first-order valence-corrected chi connectivity index (χ1v) is 4.33. The lowest BCUT2D eigenvalue weighted by atomic mass is 9.87. The van der Waals surface area contributed by atoms with Crippen molar-refractivity contribution in [1.29, 1.82) is 0 Å². The molecular weight excluding hydrogens is 136 g/mol. The number of aliphatic hydroxyl groups is 1. The van der Waals surface area contributed by atoms with E-state index in [0.29, 0.717) is 0 Å². The number of rotatable bonds is 5. The van der Waals surface area contributed by atoms with Crippen molar-refractivity contribution in [1.82, 2.24) is 0 Å². The Hall–Kier alpha value is -0.300. The minimum absolute atomic E-state index is 0.257. The van der Waals surface area contributed by atoms with Crippen LogP contribution in [0.1, 0.15) is 40.0 Å². The molecule has 1 heteroatoms. The normalized spacial score (nSPS) is 18.9. The van der Waals surface area contributed by atoms with Gasteiger partial charge in [0, 0.05) is 0 Å². The third kappa shape index (κ3) is 3.57. The average molecular weight is 155 g/mol. The monoisotopic (exact) mass is 155 g/mol. The van der Waals surface area contributed by atoms with Gasteiger partial charge in [-0.15, -0.1) is 0 Å². The van der Waals surface area contributed by atoms with E-state index in [4.69, 9.17) is 6.58 Å². The lowest BCUT2D eigenvalue weighted by Crippen LogP contribution is -2.29. The molecule has 2 atom stereocenters. The van der Waals surface area contributed by atoms with Crippen LogP contribution in [0.15, 0.2) is 6.08 Å². The van der Waals surface area contributed by atoms with Gasteiger partial charge in [-0.05, 0) is 19.3 Å². The van der Waals surface area contributed by atoms with Crippen LogP contribution in [0.3, 0.4) is 0 Å². The van der Waals surface area contributed by atoms with Crippen LogP contribution in [-0.2, 0) is 0 Å². The molecule has 0 aromatic heterocycles. The molecule has 0 saturated carbocycles. The van der Waals surface area contributed by atoms with Crippen LogP contribution < -0.4 is 0 Å². The van der Waals surface area contributed by atoms with Crippen molar-refractivity contribution < 1.29 is 5.11 Å². The Bertz CT molecular complexity index is 116. The largest absolute Gasteiger partial charge is 0.386 e. The number of hydrogen-bond donors (Lipinski definition) is 1. The van der Waals surface area contributed by atoms with E-state index in [1.807, 2.05) is 6.92 Å². The van der Waals surface area contributed by atoms with Crippen molar-refractivity contribution in [2.75, 3.05) is 0 Å². The topological polar surface area (TPSA) is 20.2 Å². The number of unbranched alkanes of at least 4 members (excludes halogenated alkanes) is 1. The fourth-order valence-corrected chi connectivity index (χ4v) is 0.967. The molecule has 0 aliphatic carbocycles. The summed E-state index contributed by atoms with van der Waals surface area (Å²) in [4.78, 5) is 0. The molecule has 0 amide bonds. The predicted molar refractivity (Wildman–Crippen MR) is 48.2 cm³/mol. The highest BCUT2D eigenvalue weighted by molar-refractivity contribution is 4.93. The summed E-state index contributed by atoms with van der Waals surface area (Å²) in [7, 11) is 0. The molecule has 0 fully saturated rings. The third-order valence-electron chi connectivity index (χ3n) is 2.33. The van der Waals surface area contributed by atoms with Crippen molar-refractivity contribution in [3.63, 3.8) is 0 Å². The summed E-state index contributed by atoms with van der Waals surface area (Å²) < 4.78 is 0. The van der Waals surface area contributed by atoms with Gasteiger partial charge < -0.3 is 5.11 Å². The third-order valence-corrected chi connectivity index (χ3v) is 2.33. The van der Waals surface area contributed by atoms with Gasteiger partial charge in [0.1, 0.15) is 0 Å². The molecule has 2 unspecified atom stereocenters. The smallest absolute Gasteiger partial charge is 0.0828 e. The van der Waals surface area contributed by atoms with E-state index in [1.165, 1.54) is 12.5 Å². The van der Waals surface area contributed by atoms with E-state index in [-0.39, 0.29) is 5.92 Å². The summed E-state index contributed by atoms with van der Waals surface area (Å²) in [6.07, 6.45) is 4.75. The Kier molecular flexibility index (Phi) is 4.43. The molecule has 0 saturated heterocycles. The summed E-state index contributed by atoms with van der Waals surface area (Å²) in [5.74, 6) is 0.257. The highest BCUT2D eigenvalue weighted by Gasteiger charge is 2.23. The van der Waals surface area contributed by atoms with Crippen LogP contribution in [-0.4, -0.2) is 10.7 Å². The van der Waals surface area contributed by atoms with E-state index in [0.717, 1.165) is 12.8 Å². The maximum Gasteiger partial charge on any atom is 0.0828 e. The van der Waals surface area contributed by atoms with Crippen molar-refractivity contribution in [2.45, 2.75) is 45.6 Å². The lowest BCUT2D eigenvalue weighted by Gasteiger charge is -2.26. The van der Waals surface area contributed by atoms with Gasteiger partial charge in [-0.1, -0.05) is 39.3 Å². The maximum atomic E-state index is 9.64. The first kappa shape index (κ1) is 10.7. The van der Waals surface area contributed by atoms with Gasteiger partial charge in [-0.3, -0.25) is 0 Å². The van der Waals surface area contributed by atoms with Gasteiger partial charge in [0.15, 0.2) is 0 Å². The predicted octanol–water partition coefficient (Wildman–Crippen LogP) is 2.55. The van der Waals surface area contributed by atoms with Crippen molar-refractivity contribution in [3.05, 3.63) is 12.7 Å². The molecule has 11 heavy (non-hydrogen) atoms. The minimum Gasteiger partial charge on any atom is -0.386 e. The first-order chi connectivity index (χ1) is 5.04. The fourth-order valence-electron chi connectivity index (χ4n) is 0.967. The molecule has 0 rings (SSSR count). The summed E-state index contributed by atoms with van der Waals surface area (Å²) in [6.45, 7) is 11.2. The van der Waals surface area contributed by atoms with E-state index >= 15 is 0 Å². The average Bonchev–Trinajstić information content (AvgIpc) is 2.00. The van der Waals surface area contributed by atoms with Gasteiger partial charge in [0.2, 0.25) is 0 Å². The Morgan fingerprint density at radius 2 is 2.18 bits per heavy atom. The standard InChI is InChI=1S/C10H19O/c1-5-7-8-9(3)10(4,11)6-2/h2,6,9,11H,5,7-8H2,1,3-4H3.